The molecule has 0 atom stereocenters. The molecule has 0 aliphatic heterocycles. The summed E-state index contributed by atoms with van der Waals surface area (Å²) in [4.78, 5) is 13.2. The number of nitrogens with zero attached hydrogens (tertiary/aromatic N) is 1. The van der Waals surface area contributed by atoms with E-state index in [0.717, 1.165) is 25.7 Å². The second kappa shape index (κ2) is 6.59. The molecule has 0 unspecified atom stereocenters. The average molecular weight is 280 g/mol. The number of hydrogen-bond acceptors (Lipinski definition) is 2. The maximum absolute atomic E-state index is 12.1. The summed E-state index contributed by atoms with van der Waals surface area (Å²) in [6, 6.07) is 0. The van der Waals surface area contributed by atoms with Crippen molar-refractivity contribution in [2.75, 3.05) is 20.6 Å². The normalized spacial score (nSPS) is 19.2. The van der Waals surface area contributed by atoms with Crippen molar-refractivity contribution in [3.05, 3.63) is 0 Å². The van der Waals surface area contributed by atoms with Crippen molar-refractivity contribution in [2.45, 2.75) is 56.7 Å². The van der Waals surface area contributed by atoms with Crippen LogP contribution in [0.25, 0.3) is 0 Å². The molecule has 1 fully saturated rings. The van der Waals surface area contributed by atoms with Gasteiger partial charge in [-0.25, -0.2) is 0 Å². The van der Waals surface area contributed by atoms with Gasteiger partial charge in [0.05, 0.1) is 6.42 Å². The smallest absolute Gasteiger partial charge is 0.345 e. The first-order chi connectivity index (χ1) is 8.78. The monoisotopic (exact) mass is 280 g/mol. The zero-order valence-corrected chi connectivity index (χ0v) is 11.6. The maximum atomic E-state index is 12.1. The Labute approximate surface area is 112 Å². The fourth-order valence-corrected chi connectivity index (χ4v) is 2.59. The van der Waals surface area contributed by atoms with E-state index >= 15 is 0 Å². The third kappa shape index (κ3) is 5.38. The summed E-state index contributed by atoms with van der Waals surface area (Å²) < 4.78 is 36.4. The highest BCUT2D eigenvalue weighted by molar-refractivity contribution is 5.77. The van der Waals surface area contributed by atoms with E-state index < -0.39 is 12.6 Å². The van der Waals surface area contributed by atoms with Gasteiger partial charge in [0.15, 0.2) is 0 Å². The van der Waals surface area contributed by atoms with Gasteiger partial charge in [-0.3, -0.25) is 4.79 Å². The highest BCUT2D eigenvalue weighted by Crippen LogP contribution is 2.31. The van der Waals surface area contributed by atoms with Gasteiger partial charge < -0.3 is 10.2 Å². The van der Waals surface area contributed by atoms with Crippen molar-refractivity contribution in [3.63, 3.8) is 0 Å². The first-order valence-corrected chi connectivity index (χ1v) is 6.78. The van der Waals surface area contributed by atoms with Crippen LogP contribution >= 0.6 is 0 Å². The molecule has 1 saturated carbocycles. The van der Waals surface area contributed by atoms with Gasteiger partial charge in [-0.1, -0.05) is 19.3 Å². The molecule has 1 rings (SSSR count). The van der Waals surface area contributed by atoms with Crippen LogP contribution < -0.4 is 5.32 Å². The summed E-state index contributed by atoms with van der Waals surface area (Å²) in [6.07, 6.45) is 0.284. The van der Waals surface area contributed by atoms with Gasteiger partial charge in [0.2, 0.25) is 5.91 Å². The summed E-state index contributed by atoms with van der Waals surface area (Å²) >= 11 is 0. The minimum atomic E-state index is -4.21. The molecule has 0 heterocycles. The van der Waals surface area contributed by atoms with Crippen LogP contribution in [-0.4, -0.2) is 43.2 Å². The zero-order chi connectivity index (χ0) is 14.5. The summed E-state index contributed by atoms with van der Waals surface area (Å²) in [5.41, 5.74) is -0.220. The molecule has 0 aromatic heterocycles. The molecular weight excluding hydrogens is 257 g/mol. The summed E-state index contributed by atoms with van der Waals surface area (Å²) in [5.74, 6) is -0.208. The Kier molecular flexibility index (Phi) is 5.64. The molecule has 1 N–H and O–H groups in total. The van der Waals surface area contributed by atoms with Gasteiger partial charge in [0.1, 0.15) is 0 Å². The van der Waals surface area contributed by atoms with Crippen LogP contribution in [0.2, 0.25) is 0 Å². The van der Waals surface area contributed by atoms with Gasteiger partial charge in [-0.2, -0.15) is 13.2 Å². The van der Waals surface area contributed by atoms with E-state index in [-0.39, 0.29) is 24.4 Å². The van der Waals surface area contributed by atoms with Crippen LogP contribution in [0.15, 0.2) is 0 Å². The van der Waals surface area contributed by atoms with Crippen molar-refractivity contribution in [1.82, 2.24) is 10.2 Å². The van der Waals surface area contributed by atoms with E-state index in [1.54, 1.807) is 0 Å². The van der Waals surface area contributed by atoms with Crippen LogP contribution in [0, 0.1) is 0 Å². The SMILES string of the molecule is CNC1(CC(=O)N(C)CCC(F)(F)F)CCCCC1. The lowest BCUT2D eigenvalue weighted by Gasteiger charge is -2.37. The number of carbonyl (C=O) groups is 1. The van der Waals surface area contributed by atoms with Crippen molar-refractivity contribution in [1.29, 1.82) is 0 Å². The van der Waals surface area contributed by atoms with Crippen molar-refractivity contribution >= 4 is 5.91 Å². The standard InChI is InChI=1S/C13H23F3N2O/c1-17-12(6-4-3-5-7-12)10-11(19)18(2)9-8-13(14,15)16/h17H,3-10H2,1-2H3. The fraction of sp³-hybridized carbons (Fsp3) is 0.923. The van der Waals surface area contributed by atoms with Gasteiger partial charge >= 0.3 is 6.18 Å². The summed E-state index contributed by atoms with van der Waals surface area (Å²) in [5, 5.41) is 3.21. The Morgan fingerprint density at radius 2 is 1.84 bits per heavy atom. The zero-order valence-electron chi connectivity index (χ0n) is 11.6. The van der Waals surface area contributed by atoms with Crippen molar-refractivity contribution < 1.29 is 18.0 Å². The molecule has 6 heteroatoms. The largest absolute Gasteiger partial charge is 0.390 e. The number of carbonyl (C=O) groups excluding carboxylic acids is 1. The van der Waals surface area contributed by atoms with Crippen LogP contribution in [-0.2, 0) is 4.79 Å². The van der Waals surface area contributed by atoms with Crippen LogP contribution in [0.3, 0.4) is 0 Å². The first kappa shape index (κ1) is 16.3. The molecule has 0 aromatic carbocycles. The predicted octanol–water partition coefficient (Wildman–Crippen LogP) is 2.71. The topological polar surface area (TPSA) is 32.3 Å². The van der Waals surface area contributed by atoms with E-state index in [4.69, 9.17) is 0 Å². The number of nitrogens with one attached hydrogen (secondary N) is 1. The Morgan fingerprint density at radius 1 is 1.26 bits per heavy atom. The van der Waals surface area contributed by atoms with Crippen LogP contribution in [0.5, 0.6) is 0 Å². The molecule has 0 radical (unpaired) electrons. The molecule has 0 spiro atoms. The Bertz CT molecular complexity index is 299. The van der Waals surface area contributed by atoms with Gasteiger partial charge in [0.25, 0.3) is 0 Å². The van der Waals surface area contributed by atoms with Crippen LogP contribution in [0.4, 0.5) is 13.2 Å². The summed E-state index contributed by atoms with van der Waals surface area (Å²) in [7, 11) is 3.27. The Balaban J connectivity index is 2.48. The molecule has 1 amide bonds. The van der Waals surface area contributed by atoms with Gasteiger partial charge in [-0.15, -0.1) is 0 Å². The van der Waals surface area contributed by atoms with Gasteiger partial charge in [0, 0.05) is 25.6 Å². The van der Waals surface area contributed by atoms with E-state index in [9.17, 15) is 18.0 Å². The highest BCUT2D eigenvalue weighted by Gasteiger charge is 2.34. The number of rotatable bonds is 5. The minimum Gasteiger partial charge on any atom is -0.345 e. The second-order valence-electron chi connectivity index (χ2n) is 5.45. The molecule has 0 aromatic rings. The van der Waals surface area contributed by atoms with E-state index in [2.05, 4.69) is 5.32 Å². The number of halogens is 3. The summed E-state index contributed by atoms with van der Waals surface area (Å²) in [6.45, 7) is -0.262. The van der Waals surface area contributed by atoms with Gasteiger partial charge in [-0.05, 0) is 19.9 Å². The number of hydrogen-bond donors (Lipinski definition) is 1. The molecule has 112 valence electrons. The first-order valence-electron chi connectivity index (χ1n) is 6.78. The molecule has 1 aliphatic carbocycles. The third-order valence-corrected chi connectivity index (χ3v) is 3.99. The Hall–Kier alpha value is -0.780. The molecule has 19 heavy (non-hydrogen) atoms. The number of alkyl halides is 3. The lowest BCUT2D eigenvalue weighted by Crippen LogP contribution is -2.48. The van der Waals surface area contributed by atoms with Crippen molar-refractivity contribution in [2.24, 2.45) is 0 Å². The molecular formula is C13H23F3N2O. The maximum Gasteiger partial charge on any atom is 0.390 e. The molecule has 0 bridgehead atoms. The fourth-order valence-electron chi connectivity index (χ4n) is 2.59. The highest BCUT2D eigenvalue weighted by atomic mass is 19.4. The number of amides is 1. The quantitative estimate of drug-likeness (QED) is 0.840. The average Bonchev–Trinajstić information content (AvgIpc) is 2.36. The van der Waals surface area contributed by atoms with E-state index in [1.807, 2.05) is 7.05 Å². The second-order valence-corrected chi connectivity index (χ2v) is 5.45. The molecule has 3 nitrogen and oxygen atoms in total. The molecule has 0 saturated heterocycles. The van der Waals surface area contributed by atoms with E-state index in [1.165, 1.54) is 18.4 Å². The predicted molar refractivity (Wildman–Crippen MR) is 67.8 cm³/mol. The molecule has 1 aliphatic rings. The minimum absolute atomic E-state index is 0.208. The van der Waals surface area contributed by atoms with Crippen LogP contribution in [0.1, 0.15) is 44.9 Å². The lowest BCUT2D eigenvalue weighted by atomic mass is 9.79. The third-order valence-electron chi connectivity index (χ3n) is 3.99. The van der Waals surface area contributed by atoms with E-state index in [0.29, 0.717) is 0 Å². The Morgan fingerprint density at radius 3 is 2.32 bits per heavy atom. The lowest BCUT2D eigenvalue weighted by molar-refractivity contribution is -0.144. The van der Waals surface area contributed by atoms with Crippen molar-refractivity contribution in [3.8, 4) is 0 Å².